The standard InChI is InChI=1S/C11H13N3O4S3/c1-2-7-3-4-19-9(7)6-13-21(17,18)10-5-8(14(15)16)11(12)20-10/h3-5,13H,2,6,12H2,1H3. The van der Waals surface area contributed by atoms with Crippen LogP contribution in [0.25, 0.3) is 0 Å². The van der Waals surface area contributed by atoms with Crippen LogP contribution in [0.2, 0.25) is 0 Å². The number of rotatable bonds is 6. The SMILES string of the molecule is CCc1ccsc1CNS(=O)(=O)c1cc([N+](=O)[O-])c(N)s1. The third kappa shape index (κ3) is 3.40. The Labute approximate surface area is 129 Å². The summed E-state index contributed by atoms with van der Waals surface area (Å²) in [7, 11) is -3.81. The van der Waals surface area contributed by atoms with Gasteiger partial charge in [0.25, 0.3) is 10.0 Å². The first-order valence-corrected chi connectivity index (χ1v) is 9.11. The Morgan fingerprint density at radius 1 is 1.48 bits per heavy atom. The van der Waals surface area contributed by atoms with Gasteiger partial charge in [-0.15, -0.1) is 11.3 Å². The zero-order valence-corrected chi connectivity index (χ0v) is 13.5. The fourth-order valence-electron chi connectivity index (χ4n) is 1.72. The van der Waals surface area contributed by atoms with Gasteiger partial charge in [0.05, 0.1) is 4.92 Å². The van der Waals surface area contributed by atoms with Crippen LogP contribution in [0.15, 0.2) is 21.7 Å². The summed E-state index contributed by atoms with van der Waals surface area (Å²) >= 11 is 2.15. The van der Waals surface area contributed by atoms with E-state index in [0.717, 1.165) is 22.9 Å². The lowest BCUT2D eigenvalue weighted by Gasteiger charge is -2.04. The molecule has 7 nitrogen and oxygen atoms in total. The molecular formula is C11H13N3O4S3. The molecule has 2 rings (SSSR count). The largest absolute Gasteiger partial charge is 0.385 e. The molecule has 0 unspecified atom stereocenters. The highest BCUT2D eigenvalue weighted by atomic mass is 32.2. The van der Waals surface area contributed by atoms with Crippen LogP contribution in [-0.2, 0) is 23.0 Å². The van der Waals surface area contributed by atoms with Crippen molar-refractivity contribution < 1.29 is 13.3 Å². The van der Waals surface area contributed by atoms with Crippen molar-refractivity contribution >= 4 is 43.4 Å². The fourth-order valence-corrected chi connectivity index (χ4v) is 4.98. The van der Waals surface area contributed by atoms with Gasteiger partial charge in [0, 0.05) is 17.5 Å². The van der Waals surface area contributed by atoms with E-state index in [9.17, 15) is 18.5 Å². The normalized spacial score (nSPS) is 11.7. The minimum atomic E-state index is -3.81. The number of aryl methyl sites for hydroxylation is 1. The Morgan fingerprint density at radius 3 is 2.76 bits per heavy atom. The Bertz CT molecular complexity index is 764. The van der Waals surface area contributed by atoms with Gasteiger partial charge in [0.1, 0.15) is 4.21 Å². The summed E-state index contributed by atoms with van der Waals surface area (Å²) in [5.74, 6) is 0. The molecule has 0 fully saturated rings. The summed E-state index contributed by atoms with van der Waals surface area (Å²) < 4.78 is 26.6. The van der Waals surface area contributed by atoms with Crippen LogP contribution in [0.3, 0.4) is 0 Å². The number of anilines is 1. The molecule has 114 valence electrons. The Morgan fingerprint density at radius 2 is 2.19 bits per heavy atom. The van der Waals surface area contributed by atoms with Crippen molar-refractivity contribution in [3.8, 4) is 0 Å². The van der Waals surface area contributed by atoms with E-state index >= 15 is 0 Å². The summed E-state index contributed by atoms with van der Waals surface area (Å²) in [6.45, 7) is 2.15. The number of nitro groups is 1. The average Bonchev–Trinajstić information content (AvgIpc) is 3.02. The Balaban J connectivity index is 2.19. The molecule has 0 aliphatic carbocycles. The van der Waals surface area contributed by atoms with Gasteiger partial charge in [-0.2, -0.15) is 0 Å². The van der Waals surface area contributed by atoms with Gasteiger partial charge in [0.2, 0.25) is 0 Å². The Hall–Kier alpha value is -1.49. The molecule has 2 aromatic rings. The van der Waals surface area contributed by atoms with Crippen LogP contribution < -0.4 is 10.5 Å². The van der Waals surface area contributed by atoms with E-state index in [4.69, 9.17) is 5.73 Å². The van der Waals surface area contributed by atoms with Crippen molar-refractivity contribution in [3.63, 3.8) is 0 Å². The van der Waals surface area contributed by atoms with Crippen molar-refractivity contribution in [2.75, 3.05) is 5.73 Å². The van der Waals surface area contributed by atoms with Crippen molar-refractivity contribution in [3.05, 3.63) is 38.1 Å². The number of nitrogens with zero attached hydrogens (tertiary/aromatic N) is 1. The summed E-state index contributed by atoms with van der Waals surface area (Å²) in [4.78, 5) is 10.9. The first-order chi connectivity index (χ1) is 9.85. The number of nitrogens with one attached hydrogen (secondary N) is 1. The van der Waals surface area contributed by atoms with Crippen molar-refractivity contribution in [1.82, 2.24) is 4.72 Å². The molecule has 0 bridgehead atoms. The zero-order valence-electron chi connectivity index (χ0n) is 11.0. The molecule has 10 heteroatoms. The van der Waals surface area contributed by atoms with E-state index in [2.05, 4.69) is 4.72 Å². The van der Waals surface area contributed by atoms with Gasteiger partial charge in [-0.1, -0.05) is 18.3 Å². The van der Waals surface area contributed by atoms with Gasteiger partial charge in [-0.05, 0) is 23.4 Å². The third-order valence-corrected chi connectivity index (χ3v) is 6.61. The maximum atomic E-state index is 12.1. The molecule has 0 aliphatic rings. The number of hydrogen-bond donors (Lipinski definition) is 2. The van der Waals surface area contributed by atoms with E-state index in [-0.39, 0.29) is 21.4 Å². The molecule has 0 amide bonds. The van der Waals surface area contributed by atoms with Gasteiger partial charge >= 0.3 is 5.69 Å². The van der Waals surface area contributed by atoms with E-state index in [1.165, 1.54) is 11.3 Å². The topological polar surface area (TPSA) is 115 Å². The number of sulfonamides is 1. The molecule has 2 heterocycles. The molecule has 0 saturated carbocycles. The number of nitrogens with two attached hydrogens (primary N) is 1. The summed E-state index contributed by atoms with van der Waals surface area (Å²) in [6.07, 6.45) is 0.817. The maximum absolute atomic E-state index is 12.1. The molecule has 0 spiro atoms. The van der Waals surface area contributed by atoms with E-state index < -0.39 is 14.9 Å². The molecule has 21 heavy (non-hydrogen) atoms. The lowest BCUT2D eigenvalue weighted by molar-refractivity contribution is -0.383. The Kier molecular flexibility index (Phi) is 4.61. The lowest BCUT2D eigenvalue weighted by Crippen LogP contribution is -2.22. The van der Waals surface area contributed by atoms with Gasteiger partial charge in [0.15, 0.2) is 5.00 Å². The first kappa shape index (κ1) is 15.9. The second-order valence-corrected chi connectivity index (χ2v) is 8.20. The smallest absolute Gasteiger partial charge is 0.304 e. The second-order valence-electron chi connectivity index (χ2n) is 4.12. The highest BCUT2D eigenvalue weighted by Gasteiger charge is 2.24. The average molecular weight is 347 g/mol. The first-order valence-electron chi connectivity index (χ1n) is 5.93. The summed E-state index contributed by atoms with van der Waals surface area (Å²) in [5.41, 5.74) is 6.16. The lowest BCUT2D eigenvalue weighted by atomic mass is 10.2. The quantitative estimate of drug-likeness (QED) is 0.614. The molecule has 2 aromatic heterocycles. The van der Waals surface area contributed by atoms with Crippen LogP contribution >= 0.6 is 22.7 Å². The minimum absolute atomic E-state index is 0.120. The molecule has 0 saturated heterocycles. The van der Waals surface area contributed by atoms with Crippen molar-refractivity contribution in [2.45, 2.75) is 24.1 Å². The predicted octanol–water partition coefficient (Wildman–Crippen LogP) is 2.34. The predicted molar refractivity (Wildman–Crippen MR) is 83.1 cm³/mol. The summed E-state index contributed by atoms with van der Waals surface area (Å²) in [6, 6.07) is 2.93. The van der Waals surface area contributed by atoms with Gasteiger partial charge in [-0.25, -0.2) is 13.1 Å². The van der Waals surface area contributed by atoms with Gasteiger partial charge in [-0.3, -0.25) is 10.1 Å². The number of hydrogen-bond acceptors (Lipinski definition) is 7. The highest BCUT2D eigenvalue weighted by molar-refractivity contribution is 7.91. The second kappa shape index (κ2) is 6.10. The highest BCUT2D eigenvalue weighted by Crippen LogP contribution is 2.34. The molecular weight excluding hydrogens is 334 g/mol. The molecule has 3 N–H and O–H groups in total. The fraction of sp³-hybridized carbons (Fsp3) is 0.273. The van der Waals surface area contributed by atoms with Crippen LogP contribution in [0, 0.1) is 10.1 Å². The van der Waals surface area contributed by atoms with Crippen LogP contribution in [-0.4, -0.2) is 13.3 Å². The van der Waals surface area contributed by atoms with Crippen LogP contribution in [0.1, 0.15) is 17.4 Å². The molecule has 0 aliphatic heterocycles. The van der Waals surface area contributed by atoms with Crippen LogP contribution in [0.5, 0.6) is 0 Å². The number of thiophene rings is 2. The summed E-state index contributed by atoms with van der Waals surface area (Å²) in [5, 5.41) is 12.5. The van der Waals surface area contributed by atoms with Gasteiger partial charge < -0.3 is 5.73 Å². The molecule has 0 atom stereocenters. The van der Waals surface area contributed by atoms with Crippen molar-refractivity contribution in [2.24, 2.45) is 0 Å². The zero-order chi connectivity index (χ0) is 15.6. The number of nitrogen functional groups attached to an aromatic ring is 1. The monoisotopic (exact) mass is 347 g/mol. The van der Waals surface area contributed by atoms with Crippen molar-refractivity contribution in [1.29, 1.82) is 0 Å². The van der Waals surface area contributed by atoms with E-state index in [1.807, 2.05) is 18.4 Å². The maximum Gasteiger partial charge on any atom is 0.304 e. The van der Waals surface area contributed by atoms with Crippen LogP contribution in [0.4, 0.5) is 10.7 Å². The molecule has 0 aromatic carbocycles. The molecule has 0 radical (unpaired) electrons. The third-order valence-electron chi connectivity index (χ3n) is 2.82. The van der Waals surface area contributed by atoms with E-state index in [0.29, 0.717) is 11.3 Å². The minimum Gasteiger partial charge on any atom is -0.385 e. The van der Waals surface area contributed by atoms with E-state index in [1.54, 1.807) is 0 Å².